The van der Waals surface area contributed by atoms with Gasteiger partial charge in [0.05, 0.1) is 12.1 Å². The van der Waals surface area contributed by atoms with Crippen LogP contribution in [0.2, 0.25) is 0 Å². The van der Waals surface area contributed by atoms with Crippen LogP contribution in [0.1, 0.15) is 48.2 Å². The number of hydrogen-bond donors (Lipinski definition) is 1. The van der Waals surface area contributed by atoms with E-state index in [1.165, 1.54) is 17.7 Å². The van der Waals surface area contributed by atoms with Crippen LogP contribution in [-0.2, 0) is 18.6 Å². The average Bonchev–Trinajstić information content (AvgIpc) is 3.25. The summed E-state index contributed by atoms with van der Waals surface area (Å²) in [6, 6.07) is 7.77. The Kier molecular flexibility index (Phi) is 4.07. The van der Waals surface area contributed by atoms with Gasteiger partial charge in [0, 0.05) is 42.5 Å². The number of aryl methyl sites for hydroxylation is 1. The van der Waals surface area contributed by atoms with E-state index >= 15 is 4.39 Å². The first-order chi connectivity index (χ1) is 13.5. The fourth-order valence-electron chi connectivity index (χ4n) is 5.25. The minimum atomic E-state index is -1.10. The van der Waals surface area contributed by atoms with Gasteiger partial charge in [0.2, 0.25) is 0 Å². The number of aliphatic hydroxyl groups is 1. The fourth-order valence-corrected chi connectivity index (χ4v) is 5.25. The molecule has 2 aliphatic heterocycles. The number of benzene rings is 1. The van der Waals surface area contributed by atoms with Gasteiger partial charge in [-0.05, 0) is 74.2 Å². The van der Waals surface area contributed by atoms with Gasteiger partial charge in [-0.2, -0.15) is 0 Å². The van der Waals surface area contributed by atoms with Crippen molar-refractivity contribution < 1.29 is 9.50 Å². The van der Waals surface area contributed by atoms with Gasteiger partial charge < -0.3 is 9.67 Å². The van der Waals surface area contributed by atoms with Crippen molar-refractivity contribution in [1.29, 1.82) is 0 Å². The summed E-state index contributed by atoms with van der Waals surface area (Å²) in [5, 5.41) is 12.3. The van der Waals surface area contributed by atoms with Crippen LogP contribution < -0.4 is 0 Å². The third-order valence-corrected chi connectivity index (χ3v) is 6.51. The summed E-state index contributed by atoms with van der Waals surface area (Å²) in [6.45, 7) is 6.22. The zero-order chi connectivity index (χ0) is 19.5. The molecule has 0 amide bonds. The van der Waals surface area contributed by atoms with E-state index in [9.17, 15) is 5.11 Å². The highest BCUT2D eigenvalue weighted by atomic mass is 19.1. The van der Waals surface area contributed by atoms with Crippen LogP contribution in [0.3, 0.4) is 0 Å². The van der Waals surface area contributed by atoms with Crippen LogP contribution >= 0.6 is 0 Å². The largest absolute Gasteiger partial charge is 0.384 e. The number of nitrogens with zero attached hydrogens (tertiary/aromatic N) is 3. The summed E-state index contributed by atoms with van der Waals surface area (Å²) in [6.07, 6.45) is 6.59. The first kappa shape index (κ1) is 17.8. The Morgan fingerprint density at radius 3 is 2.82 bits per heavy atom. The van der Waals surface area contributed by atoms with Crippen molar-refractivity contribution in [2.75, 3.05) is 13.1 Å². The number of pyridine rings is 1. The van der Waals surface area contributed by atoms with Crippen LogP contribution in [0.15, 0.2) is 36.7 Å². The van der Waals surface area contributed by atoms with Crippen molar-refractivity contribution in [3.05, 3.63) is 64.9 Å². The second-order valence-corrected chi connectivity index (χ2v) is 8.54. The van der Waals surface area contributed by atoms with E-state index in [4.69, 9.17) is 0 Å². The van der Waals surface area contributed by atoms with Crippen LogP contribution in [-0.4, -0.2) is 32.6 Å². The molecule has 0 aliphatic carbocycles. The molecular formula is C23H26FN3O. The molecule has 2 aromatic heterocycles. The van der Waals surface area contributed by atoms with Crippen molar-refractivity contribution in [2.45, 2.75) is 51.3 Å². The zero-order valence-electron chi connectivity index (χ0n) is 16.5. The molecule has 5 heteroatoms. The molecule has 2 aliphatic rings. The standard InChI is InChI=1S/C23H26FN3O/c1-15-12-17-21-19-4-3-10-26(19)11-7-20(21)27(22(17)18(24)13-15)14-23(2,28)16-5-8-25-9-6-16/h5-6,8-9,12-13,19,28H,3-4,7,10-11,14H2,1-2H3. The van der Waals surface area contributed by atoms with Gasteiger partial charge in [0.15, 0.2) is 0 Å². The third kappa shape index (κ3) is 2.68. The molecule has 2 unspecified atom stereocenters. The Labute approximate surface area is 164 Å². The Hall–Kier alpha value is -2.24. The van der Waals surface area contributed by atoms with Crippen molar-refractivity contribution in [3.63, 3.8) is 0 Å². The van der Waals surface area contributed by atoms with Crippen LogP contribution in [0.5, 0.6) is 0 Å². The summed E-state index contributed by atoms with van der Waals surface area (Å²) in [4.78, 5) is 6.59. The van der Waals surface area contributed by atoms with Crippen LogP contribution in [0.4, 0.5) is 4.39 Å². The minimum absolute atomic E-state index is 0.195. The molecule has 3 aromatic rings. The highest BCUT2D eigenvalue weighted by Crippen LogP contribution is 2.44. The first-order valence-electron chi connectivity index (χ1n) is 10.1. The van der Waals surface area contributed by atoms with Gasteiger partial charge in [-0.3, -0.25) is 9.88 Å². The molecule has 4 nitrogen and oxygen atoms in total. The molecule has 1 N–H and O–H groups in total. The topological polar surface area (TPSA) is 41.3 Å². The predicted octanol–water partition coefficient (Wildman–Crippen LogP) is 4.08. The fraction of sp³-hybridized carbons (Fsp3) is 0.435. The molecule has 0 radical (unpaired) electrons. The quantitative estimate of drug-likeness (QED) is 0.745. The monoisotopic (exact) mass is 379 g/mol. The Bertz CT molecular complexity index is 1040. The maximum absolute atomic E-state index is 15.2. The van der Waals surface area contributed by atoms with Crippen molar-refractivity contribution in [3.8, 4) is 0 Å². The molecule has 1 fully saturated rings. The lowest BCUT2D eigenvalue weighted by molar-refractivity contribution is 0.0381. The second kappa shape index (κ2) is 6.39. The number of rotatable bonds is 3. The molecule has 28 heavy (non-hydrogen) atoms. The van der Waals surface area contributed by atoms with E-state index in [0.29, 0.717) is 18.1 Å². The van der Waals surface area contributed by atoms with Crippen molar-refractivity contribution in [2.24, 2.45) is 0 Å². The smallest absolute Gasteiger partial charge is 0.147 e. The third-order valence-electron chi connectivity index (χ3n) is 6.51. The number of aromatic nitrogens is 2. The van der Waals surface area contributed by atoms with E-state index in [2.05, 4.69) is 20.5 Å². The molecule has 4 heterocycles. The molecule has 2 atom stereocenters. The van der Waals surface area contributed by atoms with Crippen LogP contribution in [0.25, 0.3) is 10.9 Å². The maximum Gasteiger partial charge on any atom is 0.147 e. The Morgan fingerprint density at radius 1 is 1.25 bits per heavy atom. The lowest BCUT2D eigenvalue weighted by Crippen LogP contribution is -2.33. The molecule has 146 valence electrons. The molecule has 1 saturated heterocycles. The number of fused-ring (bicyclic) bond motifs is 5. The second-order valence-electron chi connectivity index (χ2n) is 8.54. The SMILES string of the molecule is Cc1cc(F)c2c(c1)c1c(n2CC(C)(O)c2ccncc2)CCN2CCCC12. The van der Waals surface area contributed by atoms with E-state index in [-0.39, 0.29) is 5.82 Å². The zero-order valence-corrected chi connectivity index (χ0v) is 16.5. The first-order valence-corrected chi connectivity index (χ1v) is 10.1. The highest BCUT2D eigenvalue weighted by molar-refractivity contribution is 5.87. The molecule has 0 saturated carbocycles. The summed E-state index contributed by atoms with van der Waals surface area (Å²) in [7, 11) is 0. The molecule has 0 bridgehead atoms. The number of hydrogen-bond acceptors (Lipinski definition) is 3. The average molecular weight is 379 g/mol. The number of halogens is 1. The van der Waals surface area contributed by atoms with Crippen molar-refractivity contribution in [1.82, 2.24) is 14.5 Å². The van der Waals surface area contributed by atoms with Gasteiger partial charge in [-0.25, -0.2) is 4.39 Å². The highest BCUT2D eigenvalue weighted by Gasteiger charge is 2.37. The predicted molar refractivity (Wildman–Crippen MR) is 108 cm³/mol. The Balaban J connectivity index is 1.71. The van der Waals surface area contributed by atoms with E-state index in [1.54, 1.807) is 25.4 Å². The minimum Gasteiger partial charge on any atom is -0.384 e. The van der Waals surface area contributed by atoms with E-state index in [0.717, 1.165) is 42.4 Å². The summed E-state index contributed by atoms with van der Waals surface area (Å²) >= 11 is 0. The van der Waals surface area contributed by atoms with Crippen molar-refractivity contribution >= 4 is 10.9 Å². The van der Waals surface area contributed by atoms with Gasteiger partial charge >= 0.3 is 0 Å². The van der Waals surface area contributed by atoms with Crippen LogP contribution in [0, 0.1) is 12.7 Å². The van der Waals surface area contributed by atoms with Gasteiger partial charge in [-0.1, -0.05) is 0 Å². The van der Waals surface area contributed by atoms with E-state index in [1.807, 2.05) is 19.1 Å². The van der Waals surface area contributed by atoms with Gasteiger partial charge in [0.25, 0.3) is 0 Å². The Morgan fingerprint density at radius 2 is 2.04 bits per heavy atom. The maximum atomic E-state index is 15.2. The van der Waals surface area contributed by atoms with E-state index < -0.39 is 5.60 Å². The summed E-state index contributed by atoms with van der Waals surface area (Å²) in [5.74, 6) is -0.195. The molecular weight excluding hydrogens is 353 g/mol. The van der Waals surface area contributed by atoms with Gasteiger partial charge in [-0.15, -0.1) is 0 Å². The lowest BCUT2D eigenvalue weighted by Gasteiger charge is -2.32. The molecule has 1 aromatic carbocycles. The molecule has 5 rings (SSSR count). The normalized spacial score (nSPS) is 21.5. The molecule has 0 spiro atoms. The summed E-state index contributed by atoms with van der Waals surface area (Å²) < 4.78 is 17.2. The lowest BCUT2D eigenvalue weighted by atomic mass is 9.94. The summed E-state index contributed by atoms with van der Waals surface area (Å²) in [5.41, 5.74) is 3.75. The van der Waals surface area contributed by atoms with Gasteiger partial charge in [0.1, 0.15) is 11.4 Å².